The summed E-state index contributed by atoms with van der Waals surface area (Å²) in [4.78, 5) is 31.6. The molecule has 6 rings (SSSR count). The lowest BCUT2D eigenvalue weighted by molar-refractivity contribution is 0.506. The molecule has 5 heteroatoms. The van der Waals surface area contributed by atoms with E-state index >= 15 is 0 Å². The lowest BCUT2D eigenvalue weighted by atomic mass is 9.96. The van der Waals surface area contributed by atoms with E-state index in [4.69, 9.17) is 0 Å². The van der Waals surface area contributed by atoms with Crippen molar-refractivity contribution in [1.29, 1.82) is 0 Å². The van der Waals surface area contributed by atoms with Crippen molar-refractivity contribution in [1.82, 2.24) is 4.98 Å². The standard InChI is InChI=1S/C32H24N2O3/c1-17-15-18(2)29(19(3)16-17)33-24-14-13-23-26-25(21-11-7-8-12-22(21)31(36)27(24)26)28(32(37)34-23)30(35)20-9-5-4-6-10-20/h4-16,33,35H,1-3H3. The fourth-order valence-electron chi connectivity index (χ4n) is 5.45. The summed E-state index contributed by atoms with van der Waals surface area (Å²) in [6, 6.07) is 23.9. The van der Waals surface area contributed by atoms with Crippen LogP contribution in [0, 0.1) is 31.2 Å². The Hall–Kier alpha value is -4.77. The first-order valence-corrected chi connectivity index (χ1v) is 12.1. The fraction of sp³-hybridized carbons (Fsp3) is 0.0938. The van der Waals surface area contributed by atoms with E-state index in [2.05, 4.69) is 29.4 Å². The van der Waals surface area contributed by atoms with Gasteiger partial charge in [0.05, 0.1) is 21.8 Å². The van der Waals surface area contributed by atoms with Crippen LogP contribution in [0.1, 0.15) is 22.3 Å². The van der Waals surface area contributed by atoms with Crippen molar-refractivity contribution in [3.05, 3.63) is 137 Å². The lowest BCUT2D eigenvalue weighted by Gasteiger charge is -2.16. The first kappa shape index (κ1) is 22.7. The van der Waals surface area contributed by atoms with Crippen molar-refractivity contribution in [2.24, 2.45) is 0 Å². The molecule has 1 heterocycles. The molecular weight excluding hydrogens is 460 g/mol. The zero-order valence-electron chi connectivity index (χ0n) is 20.7. The number of nitrogens with one attached hydrogen (secondary N) is 1. The number of nitrogens with zero attached hydrogens (tertiary/aromatic N) is 1. The highest BCUT2D eigenvalue weighted by atomic mass is 16.3. The molecule has 0 saturated carbocycles. The second kappa shape index (κ2) is 8.42. The van der Waals surface area contributed by atoms with Gasteiger partial charge in [-0.3, -0.25) is 9.59 Å². The number of rotatable bonds is 3. The average molecular weight is 485 g/mol. The summed E-state index contributed by atoms with van der Waals surface area (Å²) in [5.74, 6) is -0.159. The van der Waals surface area contributed by atoms with E-state index in [0.717, 1.165) is 22.4 Å². The van der Waals surface area contributed by atoms with E-state index in [1.54, 1.807) is 42.5 Å². The molecule has 37 heavy (non-hydrogen) atoms. The summed E-state index contributed by atoms with van der Waals surface area (Å²) in [5, 5.41) is 17.6. The maximum Gasteiger partial charge on any atom is 0.281 e. The van der Waals surface area contributed by atoms with Gasteiger partial charge in [0.25, 0.3) is 5.56 Å². The molecular formula is C32H24N2O3. The summed E-state index contributed by atoms with van der Waals surface area (Å²) in [6.45, 7) is 6.13. The highest BCUT2D eigenvalue weighted by Crippen LogP contribution is 2.30. The third-order valence-corrected chi connectivity index (χ3v) is 7.01. The number of hydrogen-bond acceptors (Lipinski definition) is 5. The number of aliphatic hydroxyl groups excluding tert-OH is 1. The Morgan fingerprint density at radius 1 is 0.784 bits per heavy atom. The molecule has 4 aromatic carbocycles. The Balaban J connectivity index is 1.85. The summed E-state index contributed by atoms with van der Waals surface area (Å²) in [6.07, 6.45) is 0. The van der Waals surface area contributed by atoms with Crippen LogP contribution in [0.25, 0.3) is 27.4 Å². The highest BCUT2D eigenvalue weighted by molar-refractivity contribution is 5.96. The molecule has 5 nitrogen and oxygen atoms in total. The van der Waals surface area contributed by atoms with E-state index in [9.17, 15) is 14.7 Å². The predicted octanol–water partition coefficient (Wildman–Crippen LogP) is 5.37. The van der Waals surface area contributed by atoms with Crippen LogP contribution < -0.4 is 21.5 Å². The maximum absolute atomic E-state index is 14.0. The Bertz CT molecular complexity index is 2060. The maximum atomic E-state index is 14.0. The Morgan fingerprint density at radius 2 is 1.43 bits per heavy atom. The number of aliphatic hydroxyl groups is 1. The minimum absolute atomic E-state index is 0.0970. The summed E-state index contributed by atoms with van der Waals surface area (Å²) in [7, 11) is 0. The number of aromatic nitrogens is 1. The predicted molar refractivity (Wildman–Crippen MR) is 149 cm³/mol. The topological polar surface area (TPSA) is 79.3 Å². The number of benzene rings is 4. The molecule has 1 aliphatic carbocycles. The van der Waals surface area contributed by atoms with E-state index in [1.165, 1.54) is 0 Å². The number of hydrogen-bond donors (Lipinski definition) is 2. The first-order valence-electron chi connectivity index (χ1n) is 12.1. The van der Waals surface area contributed by atoms with E-state index in [1.807, 2.05) is 38.1 Å². The van der Waals surface area contributed by atoms with Crippen LogP contribution in [0.15, 0.2) is 88.5 Å². The third-order valence-electron chi connectivity index (χ3n) is 7.01. The van der Waals surface area contributed by atoms with Crippen molar-refractivity contribution in [2.45, 2.75) is 20.8 Å². The van der Waals surface area contributed by atoms with E-state index in [0.29, 0.717) is 43.4 Å². The van der Waals surface area contributed by atoms with Crippen molar-refractivity contribution >= 4 is 38.8 Å². The van der Waals surface area contributed by atoms with Crippen molar-refractivity contribution in [2.75, 3.05) is 5.32 Å². The lowest BCUT2D eigenvalue weighted by Crippen LogP contribution is -2.33. The largest absolute Gasteiger partial charge is 0.506 e. The molecule has 0 spiro atoms. The summed E-state index contributed by atoms with van der Waals surface area (Å²) >= 11 is 0. The molecule has 2 aliphatic rings. The Labute approximate surface area is 212 Å². The Morgan fingerprint density at radius 3 is 2.14 bits per heavy atom. The SMILES string of the molecule is Cc1cc(C)c(Nc2ccc3nc(=O)c(=C(O)c4ccccc4)c4c5ccccc5c(=O)c2c3=4)c(C)c1. The Kier molecular flexibility index (Phi) is 5.16. The number of anilines is 2. The second-order valence-corrected chi connectivity index (χ2v) is 9.54. The van der Waals surface area contributed by atoms with Crippen molar-refractivity contribution < 1.29 is 5.11 Å². The van der Waals surface area contributed by atoms with Crippen molar-refractivity contribution in [3.8, 4) is 0 Å². The molecule has 180 valence electrons. The van der Waals surface area contributed by atoms with Gasteiger partial charge in [-0.25, -0.2) is 4.98 Å². The molecule has 1 aliphatic heterocycles. The second-order valence-electron chi connectivity index (χ2n) is 9.54. The summed E-state index contributed by atoms with van der Waals surface area (Å²) < 4.78 is 0. The van der Waals surface area contributed by atoms with Gasteiger partial charge in [0, 0.05) is 27.1 Å². The molecule has 2 N–H and O–H groups in total. The molecule has 0 bridgehead atoms. The number of fused-ring (bicyclic) bond motifs is 2. The molecule has 4 aromatic rings. The smallest absolute Gasteiger partial charge is 0.281 e. The normalized spacial score (nSPS) is 12.4. The molecule has 0 amide bonds. The average Bonchev–Trinajstić information content (AvgIpc) is 2.89. The van der Waals surface area contributed by atoms with Gasteiger partial charge in [-0.2, -0.15) is 0 Å². The van der Waals surface area contributed by atoms with Crippen LogP contribution in [-0.4, -0.2) is 10.1 Å². The van der Waals surface area contributed by atoms with Crippen LogP contribution in [0.3, 0.4) is 0 Å². The van der Waals surface area contributed by atoms with E-state index in [-0.39, 0.29) is 16.4 Å². The van der Waals surface area contributed by atoms with Gasteiger partial charge in [-0.15, -0.1) is 0 Å². The van der Waals surface area contributed by atoms with Crippen LogP contribution in [-0.2, 0) is 0 Å². The van der Waals surface area contributed by atoms with Crippen LogP contribution in [0.4, 0.5) is 11.4 Å². The van der Waals surface area contributed by atoms with Gasteiger partial charge >= 0.3 is 0 Å². The third kappa shape index (κ3) is 3.51. The molecule has 0 saturated heterocycles. The van der Waals surface area contributed by atoms with Gasteiger partial charge in [-0.1, -0.05) is 72.3 Å². The van der Waals surface area contributed by atoms with Gasteiger partial charge in [-0.05, 0) is 49.4 Å². The molecule has 0 radical (unpaired) electrons. The highest BCUT2D eigenvalue weighted by Gasteiger charge is 2.18. The van der Waals surface area contributed by atoms with Crippen LogP contribution >= 0.6 is 0 Å². The molecule has 0 fully saturated rings. The minimum atomic E-state index is -0.537. The zero-order valence-corrected chi connectivity index (χ0v) is 20.7. The zero-order chi connectivity index (χ0) is 25.8. The first-order chi connectivity index (χ1) is 17.8. The van der Waals surface area contributed by atoms with E-state index < -0.39 is 5.56 Å². The molecule has 0 atom stereocenters. The van der Waals surface area contributed by atoms with Gasteiger partial charge in [0.1, 0.15) is 5.76 Å². The molecule has 0 unspecified atom stereocenters. The number of aryl methyl sites for hydroxylation is 3. The molecule has 0 aromatic heterocycles. The summed E-state index contributed by atoms with van der Waals surface area (Å²) in [5.41, 5.74) is 5.11. The van der Waals surface area contributed by atoms with Gasteiger partial charge in [0.2, 0.25) is 0 Å². The van der Waals surface area contributed by atoms with Crippen LogP contribution in [0.2, 0.25) is 0 Å². The van der Waals surface area contributed by atoms with Gasteiger partial charge < -0.3 is 10.4 Å². The van der Waals surface area contributed by atoms with Gasteiger partial charge in [0.15, 0.2) is 5.43 Å². The minimum Gasteiger partial charge on any atom is -0.506 e. The monoisotopic (exact) mass is 484 g/mol. The fourth-order valence-corrected chi connectivity index (χ4v) is 5.45. The van der Waals surface area contributed by atoms with Crippen LogP contribution in [0.5, 0.6) is 0 Å². The van der Waals surface area contributed by atoms with Crippen molar-refractivity contribution in [3.63, 3.8) is 0 Å². The quantitative estimate of drug-likeness (QED) is 0.353.